The Hall–Kier alpha value is -1.39. The molecule has 0 radical (unpaired) electrons. The average molecular weight is 355 g/mol. The lowest BCUT2D eigenvalue weighted by atomic mass is 9.89. The summed E-state index contributed by atoms with van der Waals surface area (Å²) in [7, 11) is 0. The molecule has 0 spiro atoms. The van der Waals surface area contributed by atoms with Crippen molar-refractivity contribution in [1.82, 2.24) is 0 Å². The number of halogens is 1. The van der Waals surface area contributed by atoms with E-state index in [1.54, 1.807) is 6.08 Å². The van der Waals surface area contributed by atoms with Crippen LogP contribution >= 0.6 is 0 Å². The van der Waals surface area contributed by atoms with E-state index >= 15 is 0 Å². The minimum absolute atomic E-state index is 0.198. The van der Waals surface area contributed by atoms with Crippen LogP contribution in [0.1, 0.15) is 84.0 Å². The zero-order chi connectivity index (χ0) is 18.5. The topological polar surface area (TPSA) is 69.9 Å². The van der Waals surface area contributed by atoms with E-state index in [-0.39, 0.29) is 18.3 Å². The summed E-state index contributed by atoms with van der Waals surface area (Å²) in [6, 6.07) is 0. The summed E-state index contributed by atoms with van der Waals surface area (Å²) in [6.07, 6.45) is 13.0. The van der Waals surface area contributed by atoms with Crippen LogP contribution in [0.25, 0.3) is 0 Å². The molecule has 0 bridgehead atoms. The normalized spacial score (nSPS) is 23.5. The predicted octanol–water partition coefficient (Wildman–Crippen LogP) is 5.74. The number of aliphatic carboxylic acids is 1. The van der Waals surface area contributed by atoms with E-state index in [1.165, 1.54) is 0 Å². The number of oxime groups is 1. The zero-order valence-electron chi connectivity index (χ0n) is 15.5. The van der Waals surface area contributed by atoms with Gasteiger partial charge in [0.2, 0.25) is 0 Å². The number of carbonyl (C=O) groups is 1. The molecule has 0 unspecified atom stereocenters. The fraction of sp³-hybridized carbons (Fsp3) is 0.800. The van der Waals surface area contributed by atoms with Crippen molar-refractivity contribution in [3.05, 3.63) is 12.2 Å². The van der Waals surface area contributed by atoms with E-state index in [2.05, 4.69) is 12.1 Å². The molecule has 144 valence electrons. The van der Waals surface area contributed by atoms with Gasteiger partial charge in [-0.15, -0.1) is 0 Å². The van der Waals surface area contributed by atoms with Gasteiger partial charge in [-0.25, -0.2) is 4.39 Å². The van der Waals surface area contributed by atoms with Crippen LogP contribution in [0.4, 0.5) is 4.39 Å². The van der Waals surface area contributed by atoms with Crippen LogP contribution < -0.4 is 0 Å². The molecule has 0 amide bonds. The Morgan fingerprint density at radius 2 is 2.04 bits per heavy atom. The highest BCUT2D eigenvalue weighted by atomic mass is 19.1. The molecule has 0 heterocycles. The lowest BCUT2D eigenvalue weighted by Crippen LogP contribution is -2.14. The van der Waals surface area contributed by atoms with Gasteiger partial charge < -0.3 is 10.3 Å². The second-order valence-electron chi connectivity index (χ2n) is 7.14. The Kier molecular flexibility index (Phi) is 11.2. The van der Waals surface area contributed by atoms with Crippen LogP contribution in [-0.2, 0) is 4.79 Å². The summed E-state index contributed by atoms with van der Waals surface area (Å²) in [6.45, 7) is 2.11. The van der Waals surface area contributed by atoms with Crippen LogP contribution in [-0.4, -0.2) is 28.2 Å². The van der Waals surface area contributed by atoms with Gasteiger partial charge >= 0.3 is 5.97 Å². The molecule has 4 nitrogen and oxygen atoms in total. The molecule has 0 aromatic carbocycles. The molecule has 1 aliphatic rings. The average Bonchev–Trinajstić information content (AvgIpc) is 2.98. The molecule has 1 aliphatic carbocycles. The molecular formula is C20H34FNO3. The first-order valence-corrected chi connectivity index (χ1v) is 9.83. The number of hydrogen-bond donors (Lipinski definition) is 2. The summed E-state index contributed by atoms with van der Waals surface area (Å²) < 4.78 is 13.9. The van der Waals surface area contributed by atoms with Gasteiger partial charge in [-0.1, -0.05) is 62.8 Å². The van der Waals surface area contributed by atoms with Gasteiger partial charge in [0.1, 0.15) is 6.17 Å². The number of alkyl halides is 1. The molecule has 0 aromatic rings. The SMILES string of the molecule is CCCCC[C@@H](F)/C=C/[C@H]1CCC(=NO)[C@@H]1CCCCCCC(=O)O. The number of allylic oxidation sites excluding steroid dienone is 2. The van der Waals surface area contributed by atoms with E-state index in [9.17, 15) is 14.4 Å². The van der Waals surface area contributed by atoms with Gasteiger partial charge in [-0.05, 0) is 38.0 Å². The Morgan fingerprint density at radius 3 is 2.72 bits per heavy atom. The van der Waals surface area contributed by atoms with Crippen molar-refractivity contribution in [2.75, 3.05) is 0 Å². The van der Waals surface area contributed by atoms with Crippen molar-refractivity contribution in [3.8, 4) is 0 Å². The van der Waals surface area contributed by atoms with Gasteiger partial charge in [0.25, 0.3) is 0 Å². The zero-order valence-corrected chi connectivity index (χ0v) is 15.5. The summed E-state index contributed by atoms with van der Waals surface area (Å²) in [4.78, 5) is 10.5. The Balaban J connectivity index is 2.38. The van der Waals surface area contributed by atoms with Crippen molar-refractivity contribution in [1.29, 1.82) is 0 Å². The summed E-state index contributed by atoms with van der Waals surface area (Å²) in [5.41, 5.74) is 0.835. The fourth-order valence-corrected chi connectivity index (χ4v) is 3.63. The third-order valence-electron chi connectivity index (χ3n) is 5.11. The molecule has 1 rings (SSSR count). The molecule has 25 heavy (non-hydrogen) atoms. The Labute approximate surface area is 151 Å². The second kappa shape index (κ2) is 12.9. The number of hydrogen-bond acceptors (Lipinski definition) is 3. The maximum Gasteiger partial charge on any atom is 0.303 e. The molecule has 3 atom stereocenters. The van der Waals surface area contributed by atoms with Gasteiger partial charge in [-0.2, -0.15) is 0 Å². The van der Waals surface area contributed by atoms with Crippen molar-refractivity contribution in [2.45, 2.75) is 90.1 Å². The monoisotopic (exact) mass is 355 g/mol. The van der Waals surface area contributed by atoms with Gasteiger partial charge in [0.05, 0.1) is 5.71 Å². The predicted molar refractivity (Wildman–Crippen MR) is 99.0 cm³/mol. The summed E-state index contributed by atoms with van der Waals surface area (Å²) >= 11 is 0. The minimum atomic E-state index is -0.877. The highest BCUT2D eigenvalue weighted by Crippen LogP contribution is 2.35. The van der Waals surface area contributed by atoms with E-state index in [4.69, 9.17) is 5.11 Å². The largest absolute Gasteiger partial charge is 0.481 e. The Bertz CT molecular complexity index is 437. The number of rotatable bonds is 13. The van der Waals surface area contributed by atoms with Crippen molar-refractivity contribution in [2.24, 2.45) is 17.0 Å². The second-order valence-corrected chi connectivity index (χ2v) is 7.14. The highest BCUT2D eigenvalue weighted by molar-refractivity contribution is 5.88. The van der Waals surface area contributed by atoms with Crippen LogP contribution in [0.15, 0.2) is 17.3 Å². The minimum Gasteiger partial charge on any atom is -0.481 e. The lowest BCUT2D eigenvalue weighted by Gasteiger charge is -2.16. The molecular weight excluding hydrogens is 321 g/mol. The smallest absolute Gasteiger partial charge is 0.303 e. The first kappa shape index (κ1) is 21.7. The third-order valence-corrected chi connectivity index (χ3v) is 5.11. The van der Waals surface area contributed by atoms with E-state index in [0.29, 0.717) is 12.8 Å². The molecule has 1 fully saturated rings. The molecule has 1 saturated carbocycles. The van der Waals surface area contributed by atoms with Crippen LogP contribution in [0.5, 0.6) is 0 Å². The van der Waals surface area contributed by atoms with Gasteiger partial charge in [0, 0.05) is 12.3 Å². The maximum atomic E-state index is 13.9. The third kappa shape index (κ3) is 9.03. The fourth-order valence-electron chi connectivity index (χ4n) is 3.63. The standard InChI is InChI=1S/C20H34FNO3/c1-2-3-6-9-17(21)14-12-16-13-15-19(22-25)18(16)10-7-4-5-8-11-20(23)24/h12,14,16-18,25H,2-11,13,15H2,1H3,(H,23,24)/b14-12+,22-19?/t16-,17+,18+/m0/s1. The number of nitrogens with zero attached hydrogens (tertiary/aromatic N) is 1. The number of carboxylic acid groups (broad SMARTS) is 1. The highest BCUT2D eigenvalue weighted by Gasteiger charge is 2.31. The molecule has 0 aliphatic heterocycles. The quantitative estimate of drug-likeness (QED) is 0.191. The maximum absolute atomic E-state index is 13.9. The molecule has 5 heteroatoms. The first-order valence-electron chi connectivity index (χ1n) is 9.83. The van der Waals surface area contributed by atoms with Crippen molar-refractivity contribution in [3.63, 3.8) is 0 Å². The van der Waals surface area contributed by atoms with Crippen LogP contribution in [0.3, 0.4) is 0 Å². The van der Waals surface area contributed by atoms with Gasteiger partial charge in [-0.3, -0.25) is 4.79 Å². The van der Waals surface area contributed by atoms with E-state index < -0.39 is 12.1 Å². The first-order chi connectivity index (χ1) is 12.1. The summed E-state index contributed by atoms with van der Waals surface area (Å²) in [5, 5.41) is 21.3. The van der Waals surface area contributed by atoms with E-state index in [0.717, 1.165) is 63.5 Å². The van der Waals surface area contributed by atoms with Crippen LogP contribution in [0, 0.1) is 11.8 Å². The molecule has 0 aromatic heterocycles. The van der Waals surface area contributed by atoms with Crippen molar-refractivity contribution >= 4 is 11.7 Å². The molecule has 2 N–H and O–H groups in total. The van der Waals surface area contributed by atoms with E-state index in [1.807, 2.05) is 6.08 Å². The van der Waals surface area contributed by atoms with Crippen molar-refractivity contribution < 1.29 is 19.5 Å². The number of carboxylic acids is 1. The Morgan fingerprint density at radius 1 is 1.28 bits per heavy atom. The molecule has 0 saturated heterocycles. The number of unbranched alkanes of at least 4 members (excludes halogenated alkanes) is 5. The summed E-state index contributed by atoms with van der Waals surface area (Å²) in [5.74, 6) is -0.284. The lowest BCUT2D eigenvalue weighted by molar-refractivity contribution is -0.137. The van der Waals surface area contributed by atoms with Gasteiger partial charge in [0.15, 0.2) is 0 Å². The van der Waals surface area contributed by atoms with Crippen LogP contribution in [0.2, 0.25) is 0 Å².